The summed E-state index contributed by atoms with van der Waals surface area (Å²) >= 11 is 3.11. The van der Waals surface area contributed by atoms with Gasteiger partial charge in [-0.3, -0.25) is 0 Å². The van der Waals surface area contributed by atoms with Crippen molar-refractivity contribution in [3.8, 4) is 0 Å². The smallest absolute Gasteiger partial charge is 0.243 e. The van der Waals surface area contributed by atoms with Gasteiger partial charge in [-0.25, -0.2) is 17.5 Å². The van der Waals surface area contributed by atoms with E-state index in [-0.39, 0.29) is 5.56 Å². The predicted octanol–water partition coefficient (Wildman–Crippen LogP) is 2.16. The average molecular weight is 352 g/mol. The van der Waals surface area contributed by atoms with Gasteiger partial charge < -0.3 is 5.11 Å². The largest absolute Gasteiger partial charge is 0.392 e. The summed E-state index contributed by atoms with van der Waals surface area (Å²) < 4.78 is 40.8. The molecular weight excluding hydrogens is 337 g/mol. The van der Waals surface area contributed by atoms with Crippen LogP contribution in [0.5, 0.6) is 0 Å². The average Bonchev–Trinajstić information content (AvgIpc) is 3.15. The minimum absolute atomic E-state index is 0.0445. The fourth-order valence-electron chi connectivity index (χ4n) is 1.81. The van der Waals surface area contributed by atoms with Crippen LogP contribution in [-0.2, 0) is 16.6 Å². The van der Waals surface area contributed by atoms with Crippen molar-refractivity contribution in [3.05, 3.63) is 28.0 Å². The van der Waals surface area contributed by atoms with E-state index < -0.39 is 27.3 Å². The lowest BCUT2D eigenvalue weighted by Gasteiger charge is -2.10. The second-order valence-electron chi connectivity index (χ2n) is 4.66. The molecule has 0 saturated heterocycles. The van der Waals surface area contributed by atoms with Gasteiger partial charge in [-0.2, -0.15) is 0 Å². The molecule has 1 saturated carbocycles. The van der Waals surface area contributed by atoms with Crippen molar-refractivity contribution in [2.24, 2.45) is 5.92 Å². The van der Waals surface area contributed by atoms with Gasteiger partial charge in [0.15, 0.2) is 0 Å². The Morgan fingerprint density at radius 2 is 2.11 bits per heavy atom. The molecule has 0 bridgehead atoms. The maximum absolute atomic E-state index is 13.9. The van der Waals surface area contributed by atoms with Crippen LogP contribution in [0.15, 0.2) is 21.5 Å². The highest BCUT2D eigenvalue weighted by atomic mass is 79.9. The maximum Gasteiger partial charge on any atom is 0.243 e. The maximum atomic E-state index is 13.9. The summed E-state index contributed by atoms with van der Waals surface area (Å²) in [7, 11) is -3.88. The van der Waals surface area contributed by atoms with E-state index in [1.165, 1.54) is 12.1 Å². The highest BCUT2D eigenvalue weighted by molar-refractivity contribution is 9.10. The van der Waals surface area contributed by atoms with Crippen LogP contribution in [-0.4, -0.2) is 20.1 Å². The minimum Gasteiger partial charge on any atom is -0.392 e. The number of benzene rings is 1. The molecule has 0 unspecified atom stereocenters. The van der Waals surface area contributed by atoms with Crippen LogP contribution in [0.2, 0.25) is 0 Å². The lowest BCUT2D eigenvalue weighted by Crippen LogP contribution is -2.26. The van der Waals surface area contributed by atoms with Crippen LogP contribution in [0.3, 0.4) is 0 Å². The van der Waals surface area contributed by atoms with Crippen LogP contribution < -0.4 is 4.72 Å². The lowest BCUT2D eigenvalue weighted by atomic mass is 10.2. The first-order chi connectivity index (χ1) is 8.94. The van der Waals surface area contributed by atoms with E-state index in [4.69, 9.17) is 5.11 Å². The van der Waals surface area contributed by atoms with E-state index in [0.29, 0.717) is 16.9 Å². The van der Waals surface area contributed by atoms with E-state index in [9.17, 15) is 12.8 Å². The number of nitrogens with one attached hydrogen (secondary N) is 1. The molecule has 0 heterocycles. The minimum atomic E-state index is -3.88. The van der Waals surface area contributed by atoms with Crippen molar-refractivity contribution < 1.29 is 17.9 Å². The number of hydrogen-bond donors (Lipinski definition) is 2. The van der Waals surface area contributed by atoms with Crippen molar-refractivity contribution in [3.63, 3.8) is 0 Å². The third-order valence-corrected chi connectivity index (χ3v) is 5.00. The number of aliphatic hydroxyl groups excluding tert-OH is 1. The molecule has 0 spiro atoms. The summed E-state index contributed by atoms with van der Waals surface area (Å²) in [6.07, 6.45) is 3.06. The quantitative estimate of drug-likeness (QED) is 0.825. The first kappa shape index (κ1) is 14.9. The molecule has 1 aliphatic rings. The summed E-state index contributed by atoms with van der Waals surface area (Å²) in [4.78, 5) is -0.429. The Balaban J connectivity index is 2.20. The third kappa shape index (κ3) is 3.75. The number of rotatable bonds is 6. The van der Waals surface area contributed by atoms with E-state index in [1.54, 1.807) is 0 Å². The molecule has 2 N–H and O–H groups in total. The number of aliphatic hydroxyl groups is 1. The van der Waals surface area contributed by atoms with Crippen LogP contribution in [0, 0.1) is 11.7 Å². The zero-order chi connectivity index (χ0) is 14.0. The van der Waals surface area contributed by atoms with E-state index >= 15 is 0 Å². The lowest BCUT2D eigenvalue weighted by molar-refractivity contribution is 0.274. The predicted molar refractivity (Wildman–Crippen MR) is 72.6 cm³/mol. The van der Waals surface area contributed by atoms with E-state index in [2.05, 4.69) is 20.7 Å². The molecule has 0 aromatic heterocycles. The van der Waals surface area contributed by atoms with Crippen molar-refractivity contribution in [2.45, 2.75) is 30.8 Å². The number of halogens is 2. The fourth-order valence-corrected chi connectivity index (χ4v) is 3.66. The van der Waals surface area contributed by atoms with E-state index in [0.717, 1.165) is 19.3 Å². The Morgan fingerprint density at radius 1 is 1.42 bits per heavy atom. The first-order valence-corrected chi connectivity index (χ1v) is 8.30. The molecule has 106 valence electrons. The molecule has 0 atom stereocenters. The molecule has 1 aromatic carbocycles. The Labute approximate surface area is 120 Å². The van der Waals surface area contributed by atoms with Gasteiger partial charge in [0.1, 0.15) is 10.7 Å². The van der Waals surface area contributed by atoms with Gasteiger partial charge in [0.05, 0.1) is 6.61 Å². The third-order valence-electron chi connectivity index (χ3n) is 3.08. The molecule has 7 heteroatoms. The summed E-state index contributed by atoms with van der Waals surface area (Å²) in [5.74, 6) is -0.298. The Kier molecular flexibility index (Phi) is 4.60. The molecular formula is C12H15BrFNO3S. The summed E-state index contributed by atoms with van der Waals surface area (Å²) in [5.41, 5.74) is -0.0445. The topological polar surface area (TPSA) is 66.4 Å². The zero-order valence-electron chi connectivity index (χ0n) is 10.2. The molecule has 2 rings (SSSR count). The van der Waals surface area contributed by atoms with Gasteiger partial charge in [0, 0.05) is 16.6 Å². The van der Waals surface area contributed by atoms with Gasteiger partial charge >= 0.3 is 0 Å². The van der Waals surface area contributed by atoms with Crippen LogP contribution in [0.1, 0.15) is 24.8 Å². The summed E-state index contributed by atoms with van der Waals surface area (Å²) in [5, 5.41) is 9.01. The Bertz CT molecular complexity index is 573. The Hall–Kier alpha value is -0.500. The van der Waals surface area contributed by atoms with Crippen molar-refractivity contribution >= 4 is 26.0 Å². The van der Waals surface area contributed by atoms with Gasteiger partial charge in [0.2, 0.25) is 10.0 Å². The molecule has 1 aromatic rings. The van der Waals surface area contributed by atoms with Crippen molar-refractivity contribution in [1.82, 2.24) is 4.72 Å². The first-order valence-electron chi connectivity index (χ1n) is 6.02. The number of sulfonamides is 1. The van der Waals surface area contributed by atoms with Crippen LogP contribution in [0.25, 0.3) is 0 Å². The second-order valence-corrected chi connectivity index (χ2v) is 7.32. The molecule has 1 aliphatic carbocycles. The van der Waals surface area contributed by atoms with Crippen molar-refractivity contribution in [2.75, 3.05) is 6.54 Å². The van der Waals surface area contributed by atoms with Crippen LogP contribution in [0.4, 0.5) is 4.39 Å². The molecule has 0 aliphatic heterocycles. The summed E-state index contributed by atoms with van der Waals surface area (Å²) in [6, 6.07) is 2.56. The van der Waals surface area contributed by atoms with Crippen molar-refractivity contribution in [1.29, 1.82) is 0 Å². The zero-order valence-corrected chi connectivity index (χ0v) is 12.6. The van der Waals surface area contributed by atoms with Gasteiger partial charge in [-0.15, -0.1) is 0 Å². The highest BCUT2D eigenvalue weighted by Gasteiger charge is 2.24. The molecule has 1 fully saturated rings. The summed E-state index contributed by atoms with van der Waals surface area (Å²) in [6.45, 7) is -0.233. The molecule has 0 amide bonds. The van der Waals surface area contributed by atoms with Crippen LogP contribution >= 0.6 is 15.9 Å². The SMILES string of the molecule is O=S(=O)(NCCC1CC1)c1cc(Br)cc(CO)c1F. The molecule has 0 radical (unpaired) electrons. The normalized spacial score (nSPS) is 15.7. The van der Waals surface area contributed by atoms with Gasteiger partial charge in [-0.05, 0) is 24.5 Å². The van der Waals surface area contributed by atoms with Gasteiger partial charge in [-0.1, -0.05) is 28.8 Å². The standard InChI is InChI=1S/C12H15BrFNO3S/c13-10-5-9(7-16)12(14)11(6-10)19(17,18)15-4-3-8-1-2-8/h5-6,8,15-16H,1-4,7H2. The molecule has 19 heavy (non-hydrogen) atoms. The monoisotopic (exact) mass is 351 g/mol. The number of hydrogen-bond acceptors (Lipinski definition) is 3. The van der Waals surface area contributed by atoms with Gasteiger partial charge in [0.25, 0.3) is 0 Å². The Morgan fingerprint density at radius 3 is 2.68 bits per heavy atom. The molecule has 4 nitrogen and oxygen atoms in total. The second kappa shape index (κ2) is 5.87. The fraction of sp³-hybridized carbons (Fsp3) is 0.500. The van der Waals surface area contributed by atoms with E-state index in [1.807, 2.05) is 0 Å². The highest BCUT2D eigenvalue weighted by Crippen LogP contribution is 2.32.